The molecule has 0 bridgehead atoms. The number of ether oxygens (including phenoxy) is 2. The Kier molecular flexibility index (Phi) is 7.11. The molecule has 2 aromatic carbocycles. The van der Waals surface area contributed by atoms with Gasteiger partial charge in [0.1, 0.15) is 22.2 Å². The first-order valence-electron chi connectivity index (χ1n) is 10.4. The minimum Gasteiger partial charge on any atom is -0.497 e. The smallest absolute Gasteiger partial charge is 0.185 e. The molecule has 3 aromatic rings. The standard InChI is InChI=1S/C23H24ClFN2O4S2/c1-30-19-3-4-22(21(13-19)31-2)33(28,29)20-5-7-27(8-6-20)23-26-18(14-32-23)11-15-9-16(24)12-17(25)10-15/h3-4,9-10,12-14,20H,5-8,11H2,1-2H3. The second-order valence-electron chi connectivity index (χ2n) is 7.82. The van der Waals surface area contributed by atoms with E-state index in [1.807, 2.05) is 5.38 Å². The maximum Gasteiger partial charge on any atom is 0.185 e. The van der Waals surface area contributed by atoms with Crippen molar-refractivity contribution < 1.29 is 22.3 Å². The number of aromatic nitrogens is 1. The number of rotatable bonds is 7. The molecule has 0 aliphatic carbocycles. The fourth-order valence-corrected chi connectivity index (χ4v) is 6.99. The Morgan fingerprint density at radius 1 is 1.15 bits per heavy atom. The number of piperidine rings is 1. The van der Waals surface area contributed by atoms with Crippen LogP contribution in [0.25, 0.3) is 0 Å². The van der Waals surface area contributed by atoms with E-state index in [0.717, 1.165) is 16.4 Å². The van der Waals surface area contributed by atoms with Crippen molar-refractivity contribution in [3.05, 3.63) is 63.9 Å². The topological polar surface area (TPSA) is 68.7 Å². The van der Waals surface area contributed by atoms with Crippen molar-refractivity contribution in [3.8, 4) is 11.5 Å². The highest BCUT2D eigenvalue weighted by atomic mass is 35.5. The molecule has 0 unspecified atom stereocenters. The maximum atomic E-state index is 13.6. The monoisotopic (exact) mass is 510 g/mol. The minimum absolute atomic E-state index is 0.189. The van der Waals surface area contributed by atoms with Crippen molar-refractivity contribution in [2.45, 2.75) is 29.4 Å². The third-order valence-corrected chi connectivity index (χ3v) is 9.14. The van der Waals surface area contributed by atoms with E-state index < -0.39 is 15.1 Å². The van der Waals surface area contributed by atoms with Gasteiger partial charge in [-0.1, -0.05) is 11.6 Å². The van der Waals surface area contributed by atoms with Crippen LogP contribution in [0.5, 0.6) is 11.5 Å². The lowest BCUT2D eigenvalue weighted by molar-refractivity contribution is 0.385. The van der Waals surface area contributed by atoms with Gasteiger partial charge in [0, 0.05) is 36.0 Å². The lowest BCUT2D eigenvalue weighted by atomic mass is 10.1. The average Bonchev–Trinajstić information content (AvgIpc) is 3.26. The zero-order chi connectivity index (χ0) is 23.6. The zero-order valence-electron chi connectivity index (χ0n) is 18.3. The van der Waals surface area contributed by atoms with Crippen LogP contribution in [0, 0.1) is 5.82 Å². The van der Waals surface area contributed by atoms with Gasteiger partial charge < -0.3 is 14.4 Å². The van der Waals surface area contributed by atoms with Gasteiger partial charge in [-0.05, 0) is 48.7 Å². The molecule has 10 heteroatoms. The van der Waals surface area contributed by atoms with E-state index in [-0.39, 0.29) is 10.7 Å². The fraction of sp³-hybridized carbons (Fsp3) is 0.348. The number of nitrogens with zero attached hydrogens (tertiary/aromatic N) is 2. The summed E-state index contributed by atoms with van der Waals surface area (Å²) in [6.07, 6.45) is 1.47. The molecule has 0 saturated carbocycles. The van der Waals surface area contributed by atoms with Crippen LogP contribution < -0.4 is 14.4 Å². The lowest BCUT2D eigenvalue weighted by Gasteiger charge is -2.31. The van der Waals surface area contributed by atoms with Gasteiger partial charge in [0.25, 0.3) is 0 Å². The van der Waals surface area contributed by atoms with E-state index in [4.69, 9.17) is 21.1 Å². The van der Waals surface area contributed by atoms with E-state index in [0.29, 0.717) is 48.9 Å². The van der Waals surface area contributed by atoms with Gasteiger partial charge in [0.05, 0.1) is 25.2 Å². The Morgan fingerprint density at radius 2 is 1.91 bits per heavy atom. The van der Waals surface area contributed by atoms with Crippen molar-refractivity contribution in [3.63, 3.8) is 0 Å². The molecule has 1 aliphatic rings. The molecule has 0 radical (unpaired) electrons. The highest BCUT2D eigenvalue weighted by Gasteiger charge is 2.34. The van der Waals surface area contributed by atoms with Gasteiger partial charge in [0.15, 0.2) is 15.0 Å². The summed E-state index contributed by atoms with van der Waals surface area (Å²) in [6.45, 7) is 1.17. The molecule has 176 valence electrons. The van der Waals surface area contributed by atoms with Gasteiger partial charge in [-0.2, -0.15) is 0 Å². The number of methoxy groups -OCH3 is 2. The highest BCUT2D eigenvalue weighted by Crippen LogP contribution is 2.35. The summed E-state index contributed by atoms with van der Waals surface area (Å²) >= 11 is 7.45. The van der Waals surface area contributed by atoms with Crippen LogP contribution in [0.15, 0.2) is 46.7 Å². The first kappa shape index (κ1) is 23.8. The van der Waals surface area contributed by atoms with Crippen LogP contribution in [0.3, 0.4) is 0 Å². The van der Waals surface area contributed by atoms with Crippen LogP contribution in [0.4, 0.5) is 9.52 Å². The molecule has 0 amide bonds. The Balaban J connectivity index is 1.43. The first-order valence-corrected chi connectivity index (χ1v) is 13.2. The van der Waals surface area contributed by atoms with Crippen molar-refractivity contribution in [2.75, 3.05) is 32.2 Å². The summed E-state index contributed by atoms with van der Waals surface area (Å²) in [5.41, 5.74) is 1.59. The molecular weight excluding hydrogens is 487 g/mol. The van der Waals surface area contributed by atoms with Gasteiger partial charge in [-0.25, -0.2) is 17.8 Å². The molecule has 1 aliphatic heterocycles. The molecule has 1 fully saturated rings. The SMILES string of the molecule is COc1ccc(S(=O)(=O)C2CCN(c3nc(Cc4cc(F)cc(Cl)c4)cs3)CC2)c(OC)c1. The average molecular weight is 511 g/mol. The second-order valence-corrected chi connectivity index (χ2v) is 11.3. The summed E-state index contributed by atoms with van der Waals surface area (Å²) in [6, 6.07) is 9.23. The Hall–Kier alpha value is -2.36. The third-order valence-electron chi connectivity index (χ3n) is 5.68. The molecule has 6 nitrogen and oxygen atoms in total. The van der Waals surface area contributed by atoms with Crippen LogP contribution in [-0.4, -0.2) is 46.0 Å². The maximum absolute atomic E-state index is 13.6. The summed E-state index contributed by atoms with van der Waals surface area (Å²) in [7, 11) is -0.575. The molecular formula is C23H24ClFN2O4S2. The summed E-state index contributed by atoms with van der Waals surface area (Å²) in [5.74, 6) is 0.462. The van der Waals surface area contributed by atoms with Gasteiger partial charge in [-0.15, -0.1) is 11.3 Å². The largest absolute Gasteiger partial charge is 0.497 e. The predicted octanol–water partition coefficient (Wildman–Crippen LogP) is 4.99. The van der Waals surface area contributed by atoms with Gasteiger partial charge in [-0.3, -0.25) is 0 Å². The van der Waals surface area contributed by atoms with E-state index in [1.165, 1.54) is 37.7 Å². The van der Waals surface area contributed by atoms with E-state index in [9.17, 15) is 12.8 Å². The number of benzene rings is 2. The van der Waals surface area contributed by atoms with Crippen molar-refractivity contribution in [1.82, 2.24) is 4.98 Å². The quantitative estimate of drug-likeness (QED) is 0.446. The van der Waals surface area contributed by atoms with Crippen LogP contribution >= 0.6 is 22.9 Å². The number of anilines is 1. The van der Waals surface area contributed by atoms with E-state index >= 15 is 0 Å². The summed E-state index contributed by atoms with van der Waals surface area (Å²) in [5, 5.41) is 2.65. The zero-order valence-corrected chi connectivity index (χ0v) is 20.6. The lowest BCUT2D eigenvalue weighted by Crippen LogP contribution is -2.39. The van der Waals surface area contributed by atoms with Crippen molar-refractivity contribution >= 4 is 37.9 Å². The van der Waals surface area contributed by atoms with Crippen molar-refractivity contribution in [2.24, 2.45) is 0 Å². The number of halogens is 2. The molecule has 0 atom stereocenters. The van der Waals surface area contributed by atoms with Crippen LogP contribution in [-0.2, 0) is 16.3 Å². The molecule has 2 heterocycles. The normalized spacial score (nSPS) is 15.0. The molecule has 1 saturated heterocycles. The summed E-state index contributed by atoms with van der Waals surface area (Å²) < 4.78 is 50.6. The first-order chi connectivity index (χ1) is 15.8. The van der Waals surface area contributed by atoms with Crippen LogP contribution in [0.2, 0.25) is 5.02 Å². The highest BCUT2D eigenvalue weighted by molar-refractivity contribution is 7.92. The molecule has 0 spiro atoms. The fourth-order valence-electron chi connectivity index (χ4n) is 3.99. The Morgan fingerprint density at radius 3 is 2.58 bits per heavy atom. The number of hydrogen-bond acceptors (Lipinski definition) is 7. The van der Waals surface area contributed by atoms with Gasteiger partial charge >= 0.3 is 0 Å². The van der Waals surface area contributed by atoms with E-state index in [1.54, 1.807) is 24.3 Å². The Bertz CT molecular complexity index is 1220. The number of sulfone groups is 1. The minimum atomic E-state index is -3.55. The molecule has 33 heavy (non-hydrogen) atoms. The number of thiazole rings is 1. The molecule has 1 aromatic heterocycles. The van der Waals surface area contributed by atoms with Gasteiger partial charge in [0.2, 0.25) is 0 Å². The second kappa shape index (κ2) is 9.87. The summed E-state index contributed by atoms with van der Waals surface area (Å²) in [4.78, 5) is 6.97. The predicted molar refractivity (Wildman–Crippen MR) is 128 cm³/mol. The van der Waals surface area contributed by atoms with Crippen molar-refractivity contribution in [1.29, 1.82) is 0 Å². The van der Waals surface area contributed by atoms with E-state index in [2.05, 4.69) is 9.88 Å². The molecule has 4 rings (SSSR count). The third kappa shape index (κ3) is 5.26. The number of hydrogen-bond donors (Lipinski definition) is 0. The molecule has 0 N–H and O–H groups in total. The Labute approximate surface area is 201 Å². The van der Waals surface area contributed by atoms with Crippen LogP contribution in [0.1, 0.15) is 24.1 Å².